The summed E-state index contributed by atoms with van der Waals surface area (Å²) < 4.78 is 10.6. The maximum atomic E-state index is 6.19. The zero-order valence-electron chi connectivity index (χ0n) is 11.6. The lowest BCUT2D eigenvalue weighted by atomic mass is 9.77. The summed E-state index contributed by atoms with van der Waals surface area (Å²) in [4.78, 5) is 4.43. The molecule has 1 fully saturated rings. The van der Waals surface area contributed by atoms with Gasteiger partial charge in [0.2, 0.25) is 5.89 Å². The lowest BCUT2D eigenvalue weighted by molar-refractivity contribution is 0.229. The third-order valence-corrected chi connectivity index (χ3v) is 3.96. The molecule has 0 atom stereocenters. The molecule has 5 heteroatoms. The highest BCUT2D eigenvalue weighted by Gasteiger charge is 2.38. The quantitative estimate of drug-likeness (QED) is 0.904. The summed E-state index contributed by atoms with van der Waals surface area (Å²) in [5.74, 6) is 2.18. The molecular weight excluding hydrogens is 254 g/mol. The molecule has 2 aromatic rings. The fourth-order valence-corrected chi connectivity index (χ4v) is 2.49. The summed E-state index contributed by atoms with van der Waals surface area (Å²) in [7, 11) is 1.68. The highest BCUT2D eigenvalue weighted by molar-refractivity contribution is 5.33. The van der Waals surface area contributed by atoms with Gasteiger partial charge in [0.25, 0.3) is 0 Å². The van der Waals surface area contributed by atoms with Crippen molar-refractivity contribution in [3.8, 4) is 5.75 Å². The van der Waals surface area contributed by atoms with Crippen LogP contribution >= 0.6 is 0 Å². The van der Waals surface area contributed by atoms with Crippen LogP contribution in [0.15, 0.2) is 28.8 Å². The van der Waals surface area contributed by atoms with Crippen LogP contribution in [0.4, 0.5) is 0 Å². The molecule has 1 heterocycles. The normalized spacial score (nSPS) is 16.7. The third-order valence-electron chi connectivity index (χ3n) is 3.96. The fourth-order valence-electron chi connectivity index (χ4n) is 2.49. The van der Waals surface area contributed by atoms with Gasteiger partial charge in [-0.1, -0.05) is 23.4 Å². The van der Waals surface area contributed by atoms with Crippen LogP contribution in [0, 0.1) is 0 Å². The molecule has 0 spiro atoms. The van der Waals surface area contributed by atoms with Crippen molar-refractivity contribution in [3.63, 3.8) is 0 Å². The van der Waals surface area contributed by atoms with Gasteiger partial charge in [0, 0.05) is 6.42 Å². The zero-order chi connectivity index (χ0) is 14.0. The molecule has 3 rings (SSSR count). The third kappa shape index (κ3) is 2.41. The molecule has 20 heavy (non-hydrogen) atoms. The Morgan fingerprint density at radius 2 is 2.10 bits per heavy atom. The summed E-state index contributed by atoms with van der Waals surface area (Å²) in [6, 6.07) is 7.96. The van der Waals surface area contributed by atoms with Gasteiger partial charge < -0.3 is 15.0 Å². The van der Waals surface area contributed by atoms with E-state index in [1.54, 1.807) is 7.11 Å². The van der Waals surface area contributed by atoms with Crippen molar-refractivity contribution < 1.29 is 9.26 Å². The van der Waals surface area contributed by atoms with Crippen LogP contribution < -0.4 is 10.5 Å². The summed E-state index contributed by atoms with van der Waals surface area (Å²) in [6.07, 6.45) is 4.53. The molecule has 0 aliphatic heterocycles. The van der Waals surface area contributed by atoms with Crippen molar-refractivity contribution in [1.82, 2.24) is 10.1 Å². The van der Waals surface area contributed by atoms with Crippen LogP contribution in [-0.2, 0) is 18.4 Å². The Labute approximate surface area is 118 Å². The highest BCUT2D eigenvalue weighted by atomic mass is 16.5. The molecule has 0 unspecified atom stereocenters. The molecule has 1 aliphatic rings. The number of nitrogens with zero attached hydrogens (tertiary/aromatic N) is 2. The Kier molecular flexibility index (Phi) is 3.44. The predicted octanol–water partition coefficient (Wildman–Crippen LogP) is 2.20. The molecule has 1 aliphatic carbocycles. The molecule has 2 N–H and O–H groups in total. The molecule has 1 saturated carbocycles. The number of rotatable bonds is 5. The molecule has 1 aromatic carbocycles. The molecule has 1 aromatic heterocycles. The largest absolute Gasteiger partial charge is 0.496 e. The number of aromatic nitrogens is 2. The SMILES string of the molecule is COc1ccccc1CCc1nc(C2(N)CCC2)no1. The minimum Gasteiger partial charge on any atom is -0.496 e. The Morgan fingerprint density at radius 3 is 2.80 bits per heavy atom. The van der Waals surface area contributed by atoms with Gasteiger partial charge in [0.15, 0.2) is 5.82 Å². The summed E-state index contributed by atoms with van der Waals surface area (Å²) in [5, 5.41) is 4.02. The van der Waals surface area contributed by atoms with E-state index in [1.165, 1.54) is 0 Å². The van der Waals surface area contributed by atoms with Crippen molar-refractivity contribution >= 4 is 0 Å². The Morgan fingerprint density at radius 1 is 1.30 bits per heavy atom. The van der Waals surface area contributed by atoms with Crippen molar-refractivity contribution in [2.24, 2.45) is 5.73 Å². The van der Waals surface area contributed by atoms with E-state index in [9.17, 15) is 0 Å². The predicted molar refractivity (Wildman–Crippen MR) is 74.4 cm³/mol. The van der Waals surface area contributed by atoms with Gasteiger partial charge in [-0.15, -0.1) is 0 Å². The lowest BCUT2D eigenvalue weighted by Crippen LogP contribution is -2.44. The van der Waals surface area contributed by atoms with Crippen molar-refractivity contribution in [3.05, 3.63) is 41.5 Å². The van der Waals surface area contributed by atoms with Crippen LogP contribution in [-0.4, -0.2) is 17.3 Å². The second-order valence-corrected chi connectivity index (χ2v) is 5.33. The topological polar surface area (TPSA) is 74.2 Å². The molecule has 106 valence electrons. The molecule has 5 nitrogen and oxygen atoms in total. The first-order valence-electron chi connectivity index (χ1n) is 6.95. The van der Waals surface area contributed by atoms with Crippen molar-refractivity contribution in [2.75, 3.05) is 7.11 Å². The summed E-state index contributed by atoms with van der Waals surface area (Å²) >= 11 is 0. The van der Waals surface area contributed by atoms with E-state index in [1.807, 2.05) is 24.3 Å². The average Bonchev–Trinajstić information content (AvgIpc) is 2.92. The number of aryl methyl sites for hydroxylation is 2. The average molecular weight is 273 g/mol. The number of ether oxygens (including phenoxy) is 1. The lowest BCUT2D eigenvalue weighted by Gasteiger charge is -2.34. The number of benzene rings is 1. The van der Waals surface area contributed by atoms with Gasteiger partial charge >= 0.3 is 0 Å². The standard InChI is InChI=1S/C15H19N3O2/c1-19-12-6-3-2-5-11(12)7-8-13-17-14(18-20-13)15(16)9-4-10-15/h2-3,5-6H,4,7-10,16H2,1H3. The minimum atomic E-state index is -0.355. The number of nitrogens with two attached hydrogens (primary N) is 1. The summed E-state index contributed by atoms with van der Waals surface area (Å²) in [6.45, 7) is 0. The van der Waals surface area contributed by atoms with Crippen molar-refractivity contribution in [2.45, 2.75) is 37.6 Å². The van der Waals surface area contributed by atoms with Gasteiger partial charge in [-0.3, -0.25) is 0 Å². The fraction of sp³-hybridized carbons (Fsp3) is 0.467. The van der Waals surface area contributed by atoms with Gasteiger partial charge in [0.05, 0.1) is 12.6 Å². The minimum absolute atomic E-state index is 0.355. The zero-order valence-corrected chi connectivity index (χ0v) is 11.6. The summed E-state index contributed by atoms with van der Waals surface area (Å²) in [5.41, 5.74) is 6.97. The van der Waals surface area contributed by atoms with Crippen LogP contribution in [0.3, 0.4) is 0 Å². The van der Waals surface area contributed by atoms with Gasteiger partial charge in [-0.2, -0.15) is 4.98 Å². The van der Waals surface area contributed by atoms with Crippen LogP contribution in [0.25, 0.3) is 0 Å². The second-order valence-electron chi connectivity index (χ2n) is 5.33. The molecule has 0 amide bonds. The number of hydrogen-bond donors (Lipinski definition) is 1. The number of para-hydroxylation sites is 1. The Bertz CT molecular complexity index is 590. The molecule has 0 radical (unpaired) electrons. The van der Waals surface area contributed by atoms with Crippen LogP contribution in [0.1, 0.15) is 36.5 Å². The number of hydrogen-bond acceptors (Lipinski definition) is 5. The first kappa shape index (κ1) is 13.1. The van der Waals surface area contributed by atoms with Crippen molar-refractivity contribution in [1.29, 1.82) is 0 Å². The monoisotopic (exact) mass is 273 g/mol. The van der Waals surface area contributed by atoms with E-state index in [-0.39, 0.29) is 5.54 Å². The Hall–Kier alpha value is -1.88. The first-order valence-corrected chi connectivity index (χ1v) is 6.95. The smallest absolute Gasteiger partial charge is 0.227 e. The Balaban J connectivity index is 1.67. The van der Waals surface area contributed by atoms with Gasteiger partial charge in [-0.25, -0.2) is 0 Å². The van der Waals surface area contributed by atoms with E-state index in [0.717, 1.165) is 37.0 Å². The van der Waals surface area contributed by atoms with Crippen LogP contribution in [0.2, 0.25) is 0 Å². The van der Waals surface area contributed by atoms with E-state index in [4.69, 9.17) is 15.0 Å². The van der Waals surface area contributed by atoms with Gasteiger partial charge in [0.1, 0.15) is 5.75 Å². The molecular formula is C15H19N3O2. The van der Waals surface area contributed by atoms with E-state index in [0.29, 0.717) is 18.1 Å². The second kappa shape index (κ2) is 5.25. The maximum Gasteiger partial charge on any atom is 0.227 e. The molecule has 0 saturated heterocycles. The van der Waals surface area contributed by atoms with E-state index in [2.05, 4.69) is 10.1 Å². The highest BCUT2D eigenvalue weighted by Crippen LogP contribution is 2.36. The van der Waals surface area contributed by atoms with Crippen LogP contribution in [0.5, 0.6) is 5.75 Å². The number of methoxy groups -OCH3 is 1. The first-order chi connectivity index (χ1) is 9.71. The van der Waals surface area contributed by atoms with E-state index >= 15 is 0 Å². The van der Waals surface area contributed by atoms with E-state index < -0.39 is 0 Å². The maximum absolute atomic E-state index is 6.19. The van der Waals surface area contributed by atoms with Gasteiger partial charge in [-0.05, 0) is 37.3 Å². The molecule has 0 bridgehead atoms.